The van der Waals surface area contributed by atoms with E-state index in [0.29, 0.717) is 0 Å². The lowest BCUT2D eigenvalue weighted by Crippen LogP contribution is -2.49. The highest BCUT2D eigenvalue weighted by Gasteiger charge is 2.22. The van der Waals surface area contributed by atoms with E-state index < -0.39 is 0 Å². The first-order valence-electron chi connectivity index (χ1n) is 8.12. The molecule has 5 heteroatoms. The lowest BCUT2D eigenvalue weighted by molar-refractivity contribution is 0.0643. The molecule has 2 aromatic rings. The molecule has 1 fully saturated rings. The lowest BCUT2D eigenvalue weighted by atomic mass is 10.2. The Kier molecular flexibility index (Phi) is 5.08. The Hall–Kier alpha value is -1.72. The van der Waals surface area contributed by atoms with Crippen LogP contribution >= 0.6 is 11.3 Å². The van der Waals surface area contributed by atoms with Gasteiger partial charge in [-0.2, -0.15) is 0 Å². The van der Waals surface area contributed by atoms with Gasteiger partial charge in [0.2, 0.25) is 0 Å². The average molecular weight is 329 g/mol. The molecule has 0 aromatic carbocycles. The highest BCUT2D eigenvalue weighted by Crippen LogP contribution is 2.18. The number of rotatable bonds is 4. The van der Waals surface area contributed by atoms with E-state index in [1.165, 1.54) is 4.88 Å². The van der Waals surface area contributed by atoms with E-state index in [2.05, 4.69) is 22.0 Å². The summed E-state index contributed by atoms with van der Waals surface area (Å²) in [6.07, 6.45) is 0.972. The first-order chi connectivity index (χ1) is 11.1. The molecule has 3 heterocycles. The van der Waals surface area contributed by atoms with E-state index in [9.17, 15) is 4.79 Å². The third-order valence-electron chi connectivity index (χ3n) is 4.24. The van der Waals surface area contributed by atoms with Crippen LogP contribution in [0.15, 0.2) is 30.3 Å². The zero-order valence-corrected chi connectivity index (χ0v) is 14.6. The zero-order chi connectivity index (χ0) is 16.2. The molecule has 1 aliphatic rings. The number of piperazine rings is 1. The predicted octanol–water partition coefficient (Wildman–Crippen LogP) is 2.76. The summed E-state index contributed by atoms with van der Waals surface area (Å²) in [5.41, 5.74) is 2.22. The van der Waals surface area contributed by atoms with Crippen molar-refractivity contribution in [1.29, 1.82) is 0 Å². The van der Waals surface area contributed by atoms with E-state index in [1.54, 1.807) is 11.3 Å². The fourth-order valence-electron chi connectivity index (χ4n) is 2.89. The van der Waals surface area contributed by atoms with Gasteiger partial charge in [0.1, 0.15) is 0 Å². The van der Waals surface area contributed by atoms with Gasteiger partial charge in [0.25, 0.3) is 5.91 Å². The van der Waals surface area contributed by atoms with Crippen LogP contribution in [0.2, 0.25) is 0 Å². The molecule has 0 atom stereocenters. The molecule has 1 aliphatic heterocycles. The average Bonchev–Trinajstić information content (AvgIpc) is 2.99. The number of carbonyl (C=O) groups excluding carboxylic acids is 1. The van der Waals surface area contributed by atoms with Gasteiger partial charge >= 0.3 is 0 Å². The van der Waals surface area contributed by atoms with Gasteiger partial charge in [0.15, 0.2) is 0 Å². The molecule has 0 unspecified atom stereocenters. The Labute approximate surface area is 141 Å². The Morgan fingerprint density at radius 2 is 1.91 bits per heavy atom. The number of nitrogens with zero attached hydrogens (tertiary/aromatic N) is 3. The van der Waals surface area contributed by atoms with Gasteiger partial charge in [0, 0.05) is 55.4 Å². The van der Waals surface area contributed by atoms with Crippen LogP contribution in [0.1, 0.15) is 25.9 Å². The van der Waals surface area contributed by atoms with Crippen LogP contribution in [-0.2, 0) is 6.42 Å². The molecule has 0 N–H and O–H groups in total. The highest BCUT2D eigenvalue weighted by molar-refractivity contribution is 7.13. The van der Waals surface area contributed by atoms with Crippen molar-refractivity contribution in [2.45, 2.75) is 20.3 Å². The largest absolute Gasteiger partial charge is 0.335 e. The maximum absolute atomic E-state index is 12.4. The summed E-state index contributed by atoms with van der Waals surface area (Å²) in [4.78, 5) is 23.5. The first-order valence-corrected chi connectivity index (χ1v) is 8.94. The third kappa shape index (κ3) is 4.18. The predicted molar refractivity (Wildman–Crippen MR) is 94.1 cm³/mol. The Morgan fingerprint density at radius 3 is 2.57 bits per heavy atom. The molecule has 0 aliphatic carbocycles. The van der Waals surface area contributed by atoms with Crippen LogP contribution < -0.4 is 0 Å². The molecule has 0 radical (unpaired) electrons. The second kappa shape index (κ2) is 7.23. The van der Waals surface area contributed by atoms with Gasteiger partial charge in [-0.1, -0.05) is 6.07 Å². The summed E-state index contributed by atoms with van der Waals surface area (Å²) in [6, 6.07) is 10.1. The lowest BCUT2D eigenvalue weighted by Gasteiger charge is -2.34. The molecule has 1 amide bonds. The number of pyridine rings is 1. The van der Waals surface area contributed by atoms with Crippen LogP contribution in [0.5, 0.6) is 0 Å². The maximum Gasteiger partial charge on any atom is 0.264 e. The highest BCUT2D eigenvalue weighted by atomic mass is 32.1. The number of hydrogen-bond acceptors (Lipinski definition) is 4. The number of thiophene rings is 1. The Bertz CT molecular complexity index is 674. The summed E-state index contributed by atoms with van der Waals surface area (Å²) in [7, 11) is 0. The summed E-state index contributed by atoms with van der Waals surface area (Å²) in [5.74, 6) is 0.183. The number of hydrogen-bond donors (Lipinski definition) is 0. The van der Waals surface area contributed by atoms with Gasteiger partial charge in [-0.05, 0) is 38.1 Å². The molecule has 4 nitrogen and oxygen atoms in total. The SMILES string of the molecule is Cc1cccc(CCN2CCN(C(=O)c3ccc(C)s3)CC2)n1. The standard InChI is InChI=1S/C18H23N3OS/c1-14-4-3-5-16(19-14)8-9-20-10-12-21(13-11-20)18(22)17-7-6-15(2)23-17/h3-7H,8-13H2,1-2H3. The van der Waals surface area contributed by atoms with E-state index in [-0.39, 0.29) is 5.91 Å². The van der Waals surface area contributed by atoms with E-state index >= 15 is 0 Å². The van der Waals surface area contributed by atoms with Crippen molar-refractivity contribution < 1.29 is 4.79 Å². The fourth-order valence-corrected chi connectivity index (χ4v) is 3.73. The van der Waals surface area contributed by atoms with Crippen molar-refractivity contribution in [3.05, 3.63) is 51.5 Å². The summed E-state index contributed by atoms with van der Waals surface area (Å²) >= 11 is 1.59. The van der Waals surface area contributed by atoms with Crippen LogP contribution in [0.25, 0.3) is 0 Å². The molecule has 122 valence electrons. The molecule has 1 saturated heterocycles. The van der Waals surface area contributed by atoms with Crippen molar-refractivity contribution in [2.75, 3.05) is 32.7 Å². The van der Waals surface area contributed by atoms with Crippen molar-refractivity contribution in [3.8, 4) is 0 Å². The van der Waals surface area contributed by atoms with Gasteiger partial charge in [-0.15, -0.1) is 11.3 Å². The van der Waals surface area contributed by atoms with Gasteiger partial charge in [-0.25, -0.2) is 0 Å². The minimum absolute atomic E-state index is 0.183. The molecule has 3 rings (SSSR count). The quantitative estimate of drug-likeness (QED) is 0.865. The topological polar surface area (TPSA) is 36.4 Å². The van der Waals surface area contributed by atoms with Crippen LogP contribution in [0, 0.1) is 13.8 Å². The van der Waals surface area contributed by atoms with E-state index in [1.807, 2.05) is 36.9 Å². The van der Waals surface area contributed by atoms with Crippen molar-refractivity contribution in [1.82, 2.24) is 14.8 Å². The van der Waals surface area contributed by atoms with Crippen LogP contribution in [0.3, 0.4) is 0 Å². The van der Waals surface area contributed by atoms with Crippen LogP contribution in [-0.4, -0.2) is 53.4 Å². The Morgan fingerprint density at radius 1 is 1.13 bits per heavy atom. The van der Waals surface area contributed by atoms with Crippen molar-refractivity contribution >= 4 is 17.2 Å². The third-order valence-corrected chi connectivity index (χ3v) is 5.23. The molecule has 0 bridgehead atoms. The number of aromatic nitrogens is 1. The minimum Gasteiger partial charge on any atom is -0.335 e. The molecule has 2 aromatic heterocycles. The van der Waals surface area contributed by atoms with E-state index in [4.69, 9.17) is 0 Å². The second-order valence-corrected chi connectivity index (χ2v) is 7.35. The van der Waals surface area contributed by atoms with Crippen LogP contribution in [0.4, 0.5) is 0 Å². The summed E-state index contributed by atoms with van der Waals surface area (Å²) < 4.78 is 0. The van der Waals surface area contributed by atoms with Gasteiger partial charge in [0.05, 0.1) is 4.88 Å². The first kappa shape index (κ1) is 16.1. The van der Waals surface area contributed by atoms with Gasteiger partial charge in [-0.3, -0.25) is 14.7 Å². The number of carbonyl (C=O) groups is 1. The minimum atomic E-state index is 0.183. The van der Waals surface area contributed by atoms with Crippen molar-refractivity contribution in [3.63, 3.8) is 0 Å². The van der Waals surface area contributed by atoms with E-state index in [0.717, 1.165) is 55.4 Å². The number of amides is 1. The molecule has 0 spiro atoms. The Balaban J connectivity index is 1.47. The molecule has 0 saturated carbocycles. The smallest absolute Gasteiger partial charge is 0.264 e. The van der Waals surface area contributed by atoms with Gasteiger partial charge < -0.3 is 4.90 Å². The summed E-state index contributed by atoms with van der Waals surface area (Å²) in [5, 5.41) is 0. The molecular formula is C18H23N3OS. The second-order valence-electron chi connectivity index (χ2n) is 6.06. The fraction of sp³-hybridized carbons (Fsp3) is 0.444. The monoisotopic (exact) mass is 329 g/mol. The normalized spacial score (nSPS) is 15.8. The summed E-state index contributed by atoms with van der Waals surface area (Å²) in [6.45, 7) is 8.60. The van der Waals surface area contributed by atoms with Crippen molar-refractivity contribution in [2.24, 2.45) is 0 Å². The maximum atomic E-state index is 12.4. The zero-order valence-electron chi connectivity index (χ0n) is 13.8. The molecular weight excluding hydrogens is 306 g/mol. The number of aryl methyl sites for hydroxylation is 2. The molecule has 23 heavy (non-hydrogen) atoms.